The van der Waals surface area contributed by atoms with Crippen LogP contribution in [0.2, 0.25) is 0 Å². The maximum atomic E-state index is 10.3. The molecule has 0 aliphatic heterocycles. The molecule has 0 aromatic carbocycles. The summed E-state index contributed by atoms with van der Waals surface area (Å²) in [6.07, 6.45) is 2.89. The van der Waals surface area contributed by atoms with Gasteiger partial charge in [0.15, 0.2) is 6.19 Å². The van der Waals surface area contributed by atoms with E-state index < -0.39 is 5.91 Å². The predicted molar refractivity (Wildman–Crippen MR) is 26.9 cm³/mol. The molecule has 0 heterocycles. The first-order valence-electron chi connectivity index (χ1n) is 2.07. The van der Waals surface area contributed by atoms with E-state index in [1.807, 2.05) is 5.43 Å². The SMILES string of the molecule is CC(=O)N(C#N)NC#N. The van der Waals surface area contributed by atoms with Crippen molar-refractivity contribution in [1.82, 2.24) is 10.4 Å². The van der Waals surface area contributed by atoms with Gasteiger partial charge in [0, 0.05) is 6.92 Å². The van der Waals surface area contributed by atoms with Gasteiger partial charge in [0.05, 0.1) is 0 Å². The maximum Gasteiger partial charge on any atom is 0.252 e. The van der Waals surface area contributed by atoms with Crippen molar-refractivity contribution in [2.75, 3.05) is 0 Å². The second kappa shape index (κ2) is 3.28. The lowest BCUT2D eigenvalue weighted by atomic mass is 10.7. The average molecular weight is 124 g/mol. The standard InChI is InChI=1S/C4H4N4O/c1-4(9)8(3-6)7-2-5/h7H,1H3. The van der Waals surface area contributed by atoms with Gasteiger partial charge in [-0.3, -0.25) is 4.79 Å². The molecule has 0 saturated heterocycles. The Balaban J connectivity index is 3.91. The number of carbonyl (C=O) groups is 1. The lowest BCUT2D eigenvalue weighted by molar-refractivity contribution is -0.127. The number of hydrogen-bond donors (Lipinski definition) is 1. The van der Waals surface area contributed by atoms with Gasteiger partial charge in [0.1, 0.15) is 0 Å². The Morgan fingerprint density at radius 3 is 2.33 bits per heavy atom. The molecule has 0 unspecified atom stereocenters. The van der Waals surface area contributed by atoms with E-state index in [1.165, 1.54) is 19.3 Å². The van der Waals surface area contributed by atoms with Crippen LogP contribution < -0.4 is 5.43 Å². The quantitative estimate of drug-likeness (QED) is 0.285. The van der Waals surface area contributed by atoms with Crippen LogP contribution in [0.5, 0.6) is 0 Å². The molecule has 0 rings (SSSR count). The van der Waals surface area contributed by atoms with Gasteiger partial charge in [-0.2, -0.15) is 10.5 Å². The zero-order valence-corrected chi connectivity index (χ0v) is 4.75. The molecule has 0 fully saturated rings. The first-order chi connectivity index (χ1) is 4.22. The summed E-state index contributed by atoms with van der Waals surface area (Å²) >= 11 is 0. The monoisotopic (exact) mass is 124 g/mol. The predicted octanol–water partition coefficient (Wildman–Crippen LogP) is -0.698. The molecule has 0 aliphatic rings. The summed E-state index contributed by atoms with van der Waals surface area (Å²) in [6, 6.07) is 0. The third-order valence-electron chi connectivity index (χ3n) is 0.577. The molecule has 0 aromatic heterocycles. The van der Waals surface area contributed by atoms with E-state index in [0.717, 1.165) is 0 Å². The second-order valence-electron chi connectivity index (χ2n) is 1.18. The van der Waals surface area contributed by atoms with E-state index in [2.05, 4.69) is 0 Å². The van der Waals surface area contributed by atoms with Gasteiger partial charge in [-0.1, -0.05) is 0 Å². The molecule has 5 nitrogen and oxygen atoms in total. The van der Waals surface area contributed by atoms with Crippen LogP contribution in [-0.4, -0.2) is 10.9 Å². The minimum Gasteiger partial charge on any atom is -0.272 e. The van der Waals surface area contributed by atoms with Crippen molar-refractivity contribution in [3.63, 3.8) is 0 Å². The van der Waals surface area contributed by atoms with E-state index in [-0.39, 0.29) is 0 Å². The van der Waals surface area contributed by atoms with Crippen LogP contribution in [0.25, 0.3) is 0 Å². The van der Waals surface area contributed by atoms with Gasteiger partial charge in [-0.05, 0) is 0 Å². The van der Waals surface area contributed by atoms with Crippen molar-refractivity contribution in [1.29, 1.82) is 10.5 Å². The number of nitriles is 2. The van der Waals surface area contributed by atoms with E-state index in [0.29, 0.717) is 5.01 Å². The fourth-order valence-electron chi connectivity index (χ4n) is 0.224. The third kappa shape index (κ3) is 2.15. The maximum absolute atomic E-state index is 10.3. The van der Waals surface area contributed by atoms with Crippen molar-refractivity contribution in [2.24, 2.45) is 0 Å². The zero-order valence-electron chi connectivity index (χ0n) is 4.75. The first-order valence-corrected chi connectivity index (χ1v) is 2.07. The van der Waals surface area contributed by atoms with Crippen LogP contribution in [0, 0.1) is 22.9 Å². The summed E-state index contributed by atoms with van der Waals surface area (Å²) in [5.41, 5.74) is 1.86. The van der Waals surface area contributed by atoms with Crippen LogP contribution in [0.4, 0.5) is 0 Å². The molecule has 0 bridgehead atoms. The van der Waals surface area contributed by atoms with Gasteiger partial charge in [-0.25, -0.2) is 5.43 Å². The summed E-state index contributed by atoms with van der Waals surface area (Å²) in [7, 11) is 0. The van der Waals surface area contributed by atoms with Crippen LogP contribution >= 0.6 is 0 Å². The molecule has 46 valence electrons. The molecule has 9 heavy (non-hydrogen) atoms. The van der Waals surface area contributed by atoms with Crippen LogP contribution in [0.3, 0.4) is 0 Å². The highest BCUT2D eigenvalue weighted by Gasteiger charge is 2.02. The van der Waals surface area contributed by atoms with E-state index in [4.69, 9.17) is 10.5 Å². The number of hydrogen-bond acceptors (Lipinski definition) is 4. The number of rotatable bonds is 1. The summed E-state index contributed by atoms with van der Waals surface area (Å²) in [5, 5.41) is 16.5. The molecular weight excluding hydrogens is 120 g/mol. The minimum atomic E-state index is -0.515. The Labute approximate surface area is 52.1 Å². The Morgan fingerprint density at radius 2 is 2.22 bits per heavy atom. The number of carbonyl (C=O) groups excluding carboxylic acids is 1. The minimum absolute atomic E-state index is 0.515. The Morgan fingerprint density at radius 1 is 1.67 bits per heavy atom. The van der Waals surface area contributed by atoms with Gasteiger partial charge in [0.25, 0.3) is 5.91 Å². The van der Waals surface area contributed by atoms with Crippen molar-refractivity contribution >= 4 is 5.91 Å². The smallest absolute Gasteiger partial charge is 0.252 e. The van der Waals surface area contributed by atoms with Crippen molar-refractivity contribution in [3.05, 3.63) is 0 Å². The Kier molecular flexibility index (Phi) is 2.64. The zero-order chi connectivity index (χ0) is 7.28. The summed E-state index contributed by atoms with van der Waals surface area (Å²) in [6.45, 7) is 1.17. The lowest BCUT2D eigenvalue weighted by Gasteiger charge is -2.04. The molecule has 0 aliphatic carbocycles. The van der Waals surface area contributed by atoms with Crippen molar-refractivity contribution in [3.8, 4) is 12.4 Å². The van der Waals surface area contributed by atoms with Gasteiger partial charge in [-0.15, -0.1) is 5.01 Å². The molecule has 0 spiro atoms. The van der Waals surface area contributed by atoms with Gasteiger partial charge < -0.3 is 0 Å². The fraction of sp³-hybridized carbons (Fsp3) is 0.250. The van der Waals surface area contributed by atoms with Crippen molar-refractivity contribution < 1.29 is 4.79 Å². The normalized spacial score (nSPS) is 6.56. The van der Waals surface area contributed by atoms with E-state index in [9.17, 15) is 4.79 Å². The summed E-state index contributed by atoms with van der Waals surface area (Å²) in [4.78, 5) is 10.3. The number of amides is 1. The Hall–Kier alpha value is -1.75. The van der Waals surface area contributed by atoms with Gasteiger partial charge in [0.2, 0.25) is 6.19 Å². The highest BCUT2D eigenvalue weighted by molar-refractivity contribution is 5.74. The topological polar surface area (TPSA) is 79.9 Å². The molecule has 0 atom stereocenters. The van der Waals surface area contributed by atoms with Crippen LogP contribution in [-0.2, 0) is 4.79 Å². The summed E-state index contributed by atoms with van der Waals surface area (Å²) in [5.74, 6) is -0.515. The van der Waals surface area contributed by atoms with Crippen LogP contribution in [0.15, 0.2) is 0 Å². The fourth-order valence-corrected chi connectivity index (χ4v) is 0.224. The van der Waals surface area contributed by atoms with Crippen LogP contribution in [0.1, 0.15) is 6.92 Å². The molecular formula is C4H4N4O. The molecule has 0 aromatic rings. The van der Waals surface area contributed by atoms with E-state index in [1.54, 1.807) is 0 Å². The van der Waals surface area contributed by atoms with Gasteiger partial charge >= 0.3 is 0 Å². The lowest BCUT2D eigenvalue weighted by Crippen LogP contribution is -2.33. The number of nitrogens with zero attached hydrogens (tertiary/aromatic N) is 3. The highest BCUT2D eigenvalue weighted by atomic mass is 16.2. The first kappa shape index (κ1) is 7.25. The highest BCUT2D eigenvalue weighted by Crippen LogP contribution is 1.75. The summed E-state index contributed by atoms with van der Waals surface area (Å²) < 4.78 is 0. The average Bonchev–Trinajstić information content (AvgIpc) is 1.82. The third-order valence-corrected chi connectivity index (χ3v) is 0.577. The molecule has 1 N–H and O–H groups in total. The molecule has 0 radical (unpaired) electrons. The molecule has 1 amide bonds. The number of hydrazine groups is 1. The molecule has 0 saturated carbocycles. The molecule has 5 heteroatoms. The number of nitrogens with one attached hydrogen (secondary N) is 1. The largest absolute Gasteiger partial charge is 0.272 e. The van der Waals surface area contributed by atoms with Crippen molar-refractivity contribution in [2.45, 2.75) is 6.92 Å². The Bertz CT molecular complexity index is 186. The van der Waals surface area contributed by atoms with E-state index >= 15 is 0 Å². The second-order valence-corrected chi connectivity index (χ2v) is 1.18.